The molecule has 0 radical (unpaired) electrons. The number of rotatable bonds is 4. The van der Waals surface area contributed by atoms with E-state index in [4.69, 9.17) is 9.84 Å². The van der Waals surface area contributed by atoms with Crippen LogP contribution in [-0.4, -0.2) is 16.1 Å². The van der Waals surface area contributed by atoms with E-state index < -0.39 is 11.9 Å². The molecular formula is C14H11F2NO3. The van der Waals surface area contributed by atoms with E-state index in [1.54, 1.807) is 0 Å². The van der Waals surface area contributed by atoms with Crippen molar-refractivity contribution in [3.05, 3.63) is 53.7 Å². The van der Waals surface area contributed by atoms with Gasteiger partial charge in [-0.1, -0.05) is 0 Å². The van der Waals surface area contributed by atoms with E-state index in [9.17, 15) is 13.6 Å². The monoisotopic (exact) mass is 279 g/mol. The zero-order valence-corrected chi connectivity index (χ0v) is 10.5. The van der Waals surface area contributed by atoms with Gasteiger partial charge in [-0.05, 0) is 30.3 Å². The highest BCUT2D eigenvalue weighted by Crippen LogP contribution is 2.29. The average molecular weight is 279 g/mol. The molecule has 0 bridgehead atoms. The molecule has 0 amide bonds. The third kappa shape index (κ3) is 3.28. The first-order valence-corrected chi connectivity index (χ1v) is 5.72. The molecule has 1 aromatic heterocycles. The summed E-state index contributed by atoms with van der Waals surface area (Å²) < 4.78 is 31.4. The van der Waals surface area contributed by atoms with Gasteiger partial charge >= 0.3 is 5.97 Å². The first-order chi connectivity index (χ1) is 9.36. The van der Waals surface area contributed by atoms with Gasteiger partial charge in [-0.2, -0.15) is 0 Å². The molecule has 0 aliphatic heterocycles. The smallest absolute Gasteiger partial charge is 0.337 e. The number of nitrogens with zero attached hydrogens (tertiary/aromatic N) is 1. The number of aromatic carboxylic acids is 1. The maximum atomic E-state index is 13.0. The zero-order chi connectivity index (χ0) is 14.8. The lowest BCUT2D eigenvalue weighted by molar-refractivity contribution is 0.0174. The molecule has 0 atom stereocenters. The molecule has 0 unspecified atom stereocenters. The maximum absolute atomic E-state index is 13.0. The summed E-state index contributed by atoms with van der Waals surface area (Å²) in [5.74, 6) is -3.46. The standard InChI is InChI=1S/C14H11F2NO3/c1-14(15,16)10-3-5-11(6-4-10)20-12-7-2-9(8-17-12)13(18)19/h2-8H,1H3,(H,18,19). The van der Waals surface area contributed by atoms with Gasteiger partial charge in [0.05, 0.1) is 5.56 Å². The van der Waals surface area contributed by atoms with Crippen LogP contribution in [0.25, 0.3) is 0 Å². The summed E-state index contributed by atoms with van der Waals surface area (Å²) in [4.78, 5) is 14.5. The van der Waals surface area contributed by atoms with E-state index in [0.29, 0.717) is 5.75 Å². The van der Waals surface area contributed by atoms with Gasteiger partial charge in [-0.3, -0.25) is 0 Å². The van der Waals surface area contributed by atoms with Crippen LogP contribution in [0.1, 0.15) is 22.8 Å². The number of carboxylic acids is 1. The van der Waals surface area contributed by atoms with Crippen molar-refractivity contribution in [1.82, 2.24) is 4.98 Å². The molecule has 0 fully saturated rings. The van der Waals surface area contributed by atoms with E-state index >= 15 is 0 Å². The fourth-order valence-corrected chi connectivity index (χ4v) is 1.50. The molecule has 20 heavy (non-hydrogen) atoms. The number of alkyl halides is 2. The Labute approximate surface area is 113 Å². The molecule has 0 aliphatic carbocycles. The van der Waals surface area contributed by atoms with Crippen molar-refractivity contribution < 1.29 is 23.4 Å². The Balaban J connectivity index is 2.12. The largest absolute Gasteiger partial charge is 0.478 e. The van der Waals surface area contributed by atoms with Crippen molar-refractivity contribution in [2.75, 3.05) is 0 Å². The number of aromatic nitrogens is 1. The van der Waals surface area contributed by atoms with Crippen molar-refractivity contribution in [2.24, 2.45) is 0 Å². The van der Waals surface area contributed by atoms with Crippen molar-refractivity contribution in [3.63, 3.8) is 0 Å². The second kappa shape index (κ2) is 5.24. The van der Waals surface area contributed by atoms with Gasteiger partial charge in [0.25, 0.3) is 5.92 Å². The Kier molecular flexibility index (Phi) is 3.65. The highest BCUT2D eigenvalue weighted by atomic mass is 19.3. The maximum Gasteiger partial charge on any atom is 0.337 e. The number of hydrogen-bond acceptors (Lipinski definition) is 3. The first kappa shape index (κ1) is 13.9. The molecule has 1 heterocycles. The number of benzene rings is 1. The molecule has 2 rings (SSSR count). The van der Waals surface area contributed by atoms with Gasteiger partial charge in [-0.15, -0.1) is 0 Å². The minimum Gasteiger partial charge on any atom is -0.478 e. The Morgan fingerprint density at radius 2 is 1.85 bits per heavy atom. The molecule has 2 aromatic rings. The SMILES string of the molecule is CC(F)(F)c1ccc(Oc2ccc(C(=O)O)cn2)cc1. The Morgan fingerprint density at radius 1 is 1.20 bits per heavy atom. The lowest BCUT2D eigenvalue weighted by Gasteiger charge is -2.11. The predicted molar refractivity (Wildman–Crippen MR) is 67.3 cm³/mol. The minimum absolute atomic E-state index is 0.0401. The molecule has 0 saturated carbocycles. The third-order valence-corrected chi connectivity index (χ3v) is 2.57. The summed E-state index contributed by atoms with van der Waals surface area (Å²) in [5, 5.41) is 8.72. The van der Waals surface area contributed by atoms with Gasteiger partial charge in [0.1, 0.15) is 5.75 Å². The van der Waals surface area contributed by atoms with Gasteiger partial charge in [0, 0.05) is 24.8 Å². The van der Waals surface area contributed by atoms with Gasteiger partial charge in [0.15, 0.2) is 0 Å². The second-order valence-corrected chi connectivity index (χ2v) is 4.21. The highest BCUT2D eigenvalue weighted by molar-refractivity contribution is 5.87. The van der Waals surface area contributed by atoms with Crippen LogP contribution < -0.4 is 4.74 Å². The Morgan fingerprint density at radius 3 is 2.30 bits per heavy atom. The number of ether oxygens (including phenoxy) is 1. The molecule has 104 valence electrons. The van der Waals surface area contributed by atoms with Crippen molar-refractivity contribution >= 4 is 5.97 Å². The summed E-state index contributed by atoms with van der Waals surface area (Å²) in [7, 11) is 0. The lowest BCUT2D eigenvalue weighted by atomic mass is 10.1. The average Bonchev–Trinajstić information content (AvgIpc) is 2.39. The number of halogens is 2. The zero-order valence-electron chi connectivity index (χ0n) is 10.5. The van der Waals surface area contributed by atoms with E-state index in [0.717, 1.165) is 13.1 Å². The van der Waals surface area contributed by atoms with Gasteiger partial charge in [-0.25, -0.2) is 18.6 Å². The van der Waals surface area contributed by atoms with Crippen LogP contribution in [-0.2, 0) is 5.92 Å². The molecule has 4 nitrogen and oxygen atoms in total. The quantitative estimate of drug-likeness (QED) is 0.927. The predicted octanol–water partition coefficient (Wildman–Crippen LogP) is 3.68. The summed E-state index contributed by atoms with van der Waals surface area (Å²) >= 11 is 0. The number of carbonyl (C=O) groups is 1. The second-order valence-electron chi connectivity index (χ2n) is 4.21. The lowest BCUT2D eigenvalue weighted by Crippen LogP contribution is -2.06. The Bertz CT molecular complexity index is 604. The fourth-order valence-electron chi connectivity index (χ4n) is 1.50. The molecule has 1 N–H and O–H groups in total. The van der Waals surface area contributed by atoms with Crippen LogP contribution in [0.5, 0.6) is 11.6 Å². The van der Waals surface area contributed by atoms with Crippen LogP contribution in [0, 0.1) is 0 Å². The third-order valence-electron chi connectivity index (χ3n) is 2.57. The molecule has 0 aliphatic rings. The molecule has 0 spiro atoms. The Hall–Kier alpha value is -2.50. The van der Waals surface area contributed by atoms with Gasteiger partial charge < -0.3 is 9.84 Å². The first-order valence-electron chi connectivity index (χ1n) is 5.72. The van der Waals surface area contributed by atoms with E-state index in [1.807, 2.05) is 0 Å². The van der Waals surface area contributed by atoms with Gasteiger partial charge in [0.2, 0.25) is 5.88 Å². The van der Waals surface area contributed by atoms with Crippen molar-refractivity contribution in [3.8, 4) is 11.6 Å². The van der Waals surface area contributed by atoms with Crippen molar-refractivity contribution in [2.45, 2.75) is 12.8 Å². The number of hydrogen-bond donors (Lipinski definition) is 1. The topological polar surface area (TPSA) is 59.4 Å². The number of carboxylic acid groups (broad SMARTS) is 1. The molecular weight excluding hydrogens is 268 g/mol. The van der Waals surface area contributed by atoms with Crippen LogP contribution in [0.2, 0.25) is 0 Å². The normalized spacial score (nSPS) is 11.2. The fraction of sp³-hybridized carbons (Fsp3) is 0.143. The van der Waals surface area contributed by atoms with Crippen LogP contribution in [0.3, 0.4) is 0 Å². The van der Waals surface area contributed by atoms with E-state index in [-0.39, 0.29) is 17.0 Å². The van der Waals surface area contributed by atoms with E-state index in [2.05, 4.69) is 4.98 Å². The van der Waals surface area contributed by atoms with Crippen molar-refractivity contribution in [1.29, 1.82) is 0 Å². The minimum atomic E-state index is -2.90. The van der Waals surface area contributed by atoms with Crippen LogP contribution in [0.4, 0.5) is 8.78 Å². The van der Waals surface area contributed by atoms with E-state index in [1.165, 1.54) is 36.4 Å². The molecule has 6 heteroatoms. The molecule has 0 saturated heterocycles. The highest BCUT2D eigenvalue weighted by Gasteiger charge is 2.23. The van der Waals surface area contributed by atoms with Crippen LogP contribution >= 0.6 is 0 Å². The number of pyridine rings is 1. The van der Waals surface area contributed by atoms with Crippen LogP contribution in [0.15, 0.2) is 42.6 Å². The molecule has 1 aromatic carbocycles. The summed E-state index contributed by atoms with van der Waals surface area (Å²) in [6, 6.07) is 8.08. The summed E-state index contributed by atoms with van der Waals surface area (Å²) in [6.07, 6.45) is 1.16. The summed E-state index contributed by atoms with van der Waals surface area (Å²) in [5.41, 5.74) is -0.0719. The summed E-state index contributed by atoms with van der Waals surface area (Å²) in [6.45, 7) is 0.815.